The van der Waals surface area contributed by atoms with Crippen molar-refractivity contribution in [3.05, 3.63) is 93.7 Å². The molecule has 0 saturated carbocycles. The Morgan fingerprint density at radius 1 is 0.979 bits per heavy atom. The number of halogens is 1. The minimum absolute atomic E-state index is 0.132. The number of aryl methyl sites for hydroxylation is 4. The Morgan fingerprint density at radius 3 is 2.64 bits per heavy atom. The minimum Gasteiger partial charge on any atom is -0.493 e. The highest BCUT2D eigenvalue weighted by atomic mass is 35.5. The van der Waals surface area contributed by atoms with Crippen LogP contribution in [-0.4, -0.2) is 42.9 Å². The second kappa shape index (κ2) is 13.1. The zero-order chi connectivity index (χ0) is 32.8. The van der Waals surface area contributed by atoms with Gasteiger partial charge in [0.15, 0.2) is 5.52 Å². The lowest BCUT2D eigenvalue weighted by atomic mass is 9.98. The van der Waals surface area contributed by atoms with Gasteiger partial charge < -0.3 is 14.0 Å². The van der Waals surface area contributed by atoms with Crippen LogP contribution in [0.4, 0.5) is 0 Å². The van der Waals surface area contributed by atoms with Crippen LogP contribution in [0.2, 0.25) is 5.02 Å². The van der Waals surface area contributed by atoms with E-state index in [1.165, 1.54) is 0 Å². The number of carbonyl (C=O) groups excluding carboxylic acids is 1. The van der Waals surface area contributed by atoms with Crippen LogP contribution >= 0.6 is 31.9 Å². The summed E-state index contributed by atoms with van der Waals surface area (Å²) in [5.74, 6) is 1.63. The quantitative estimate of drug-likeness (QED) is 0.171. The first kappa shape index (κ1) is 32.0. The third-order valence-corrected chi connectivity index (χ3v) is 11.1. The Hall–Kier alpha value is -3.62. The van der Waals surface area contributed by atoms with Gasteiger partial charge in [0, 0.05) is 65.1 Å². The number of aromatic nitrogens is 5. The van der Waals surface area contributed by atoms with Crippen LogP contribution in [0.5, 0.6) is 5.75 Å². The highest BCUT2D eigenvalue weighted by Gasteiger charge is 2.27. The summed E-state index contributed by atoms with van der Waals surface area (Å²) in [6.45, 7) is 5.15. The fourth-order valence-corrected chi connectivity index (χ4v) is 8.46. The van der Waals surface area contributed by atoms with Crippen molar-refractivity contribution < 1.29 is 14.3 Å². The Bertz CT molecular complexity index is 2170. The Morgan fingerprint density at radius 2 is 1.81 bits per heavy atom. The molecule has 0 fully saturated rings. The Kier molecular flexibility index (Phi) is 8.92. The van der Waals surface area contributed by atoms with Gasteiger partial charge in [-0.1, -0.05) is 41.9 Å². The summed E-state index contributed by atoms with van der Waals surface area (Å²) in [6, 6.07) is 18.8. The van der Waals surface area contributed by atoms with Crippen LogP contribution in [0.1, 0.15) is 45.2 Å². The molecule has 3 aromatic carbocycles. The van der Waals surface area contributed by atoms with Crippen molar-refractivity contribution in [1.82, 2.24) is 24.1 Å². The van der Waals surface area contributed by atoms with E-state index in [9.17, 15) is 4.79 Å². The number of ether oxygens (including phenoxy) is 2. The topological polar surface area (TPSA) is 76.1 Å². The van der Waals surface area contributed by atoms with Crippen molar-refractivity contribution in [3.8, 4) is 16.9 Å². The molecule has 7 rings (SSSR count). The monoisotopic (exact) mass is 685 g/mol. The summed E-state index contributed by atoms with van der Waals surface area (Å²) >= 11 is 8.81. The van der Waals surface area contributed by atoms with Crippen molar-refractivity contribution in [3.63, 3.8) is 0 Å². The SMILES string of the molecule is CPC(=O)c1c2c3ccc(Cl)c(c3n1C)-c1c(nn(C)c1C)COCc1cc(n(C)n1)CSc1cc(c3ccccc3c1)OCCC2. The molecule has 8 nitrogen and oxygen atoms in total. The minimum atomic E-state index is 0.132. The molecule has 1 aliphatic rings. The van der Waals surface area contributed by atoms with Crippen molar-refractivity contribution in [2.24, 2.45) is 21.1 Å². The van der Waals surface area contributed by atoms with Gasteiger partial charge in [0.2, 0.25) is 0 Å². The van der Waals surface area contributed by atoms with Gasteiger partial charge in [-0.3, -0.25) is 14.2 Å². The van der Waals surface area contributed by atoms with E-state index >= 15 is 0 Å². The number of nitrogens with zero attached hydrogens (tertiary/aromatic N) is 5. The maximum absolute atomic E-state index is 13.5. The van der Waals surface area contributed by atoms with Crippen molar-refractivity contribution in [2.75, 3.05) is 13.3 Å². The second-order valence-corrected chi connectivity index (χ2v) is 14.4. The molecule has 1 aliphatic heterocycles. The molecule has 0 radical (unpaired) electrons. The van der Waals surface area contributed by atoms with Gasteiger partial charge in [-0.25, -0.2) is 0 Å². The highest BCUT2D eigenvalue weighted by molar-refractivity contribution is 7.98. The molecule has 6 aromatic rings. The normalized spacial score (nSPS) is 14.5. The van der Waals surface area contributed by atoms with Crippen LogP contribution in [-0.2, 0) is 51.3 Å². The zero-order valence-corrected chi connectivity index (χ0v) is 29.8. The number of rotatable bonds is 2. The molecule has 0 aliphatic carbocycles. The second-order valence-electron chi connectivity index (χ2n) is 11.9. The van der Waals surface area contributed by atoms with Gasteiger partial charge in [-0.2, -0.15) is 10.2 Å². The van der Waals surface area contributed by atoms with Crippen molar-refractivity contribution >= 4 is 59.1 Å². The summed E-state index contributed by atoms with van der Waals surface area (Å²) < 4.78 is 18.6. The van der Waals surface area contributed by atoms with Gasteiger partial charge in [0.25, 0.3) is 0 Å². The zero-order valence-electron chi connectivity index (χ0n) is 27.2. The van der Waals surface area contributed by atoms with Gasteiger partial charge in [-0.05, 0) is 70.2 Å². The Balaban J connectivity index is 1.37. The van der Waals surface area contributed by atoms with Crippen LogP contribution in [0.15, 0.2) is 59.5 Å². The van der Waals surface area contributed by atoms with Gasteiger partial charge in [0.05, 0.1) is 47.4 Å². The number of benzene rings is 3. The average molecular weight is 686 g/mol. The molecular weight excluding hydrogens is 649 g/mol. The predicted molar refractivity (Wildman–Crippen MR) is 192 cm³/mol. The van der Waals surface area contributed by atoms with E-state index in [2.05, 4.69) is 42.5 Å². The maximum atomic E-state index is 13.5. The van der Waals surface area contributed by atoms with E-state index in [4.69, 9.17) is 31.3 Å². The molecule has 0 saturated heterocycles. The number of hydrogen-bond donors (Lipinski definition) is 0. The lowest BCUT2D eigenvalue weighted by molar-refractivity contribution is 0.101. The van der Waals surface area contributed by atoms with E-state index in [0.29, 0.717) is 31.3 Å². The lowest BCUT2D eigenvalue weighted by Gasteiger charge is -2.13. The van der Waals surface area contributed by atoms with Gasteiger partial charge in [0.1, 0.15) is 5.75 Å². The molecular formula is C36H37ClN5O3PS. The smallest absolute Gasteiger partial charge is 0.197 e. The van der Waals surface area contributed by atoms with Crippen LogP contribution < -0.4 is 4.74 Å². The van der Waals surface area contributed by atoms with Crippen LogP contribution in [0, 0.1) is 6.92 Å². The molecule has 8 bridgehead atoms. The molecule has 1 unspecified atom stereocenters. The summed E-state index contributed by atoms with van der Waals surface area (Å²) in [5.41, 5.74) is 8.39. The third-order valence-electron chi connectivity index (χ3n) is 9.04. The molecule has 1 atom stereocenters. The summed E-state index contributed by atoms with van der Waals surface area (Å²) in [7, 11) is 6.02. The van der Waals surface area contributed by atoms with E-state index < -0.39 is 0 Å². The maximum Gasteiger partial charge on any atom is 0.197 e. The van der Waals surface area contributed by atoms with Crippen LogP contribution in [0.25, 0.3) is 32.8 Å². The molecule has 4 heterocycles. The first-order valence-electron chi connectivity index (χ1n) is 15.7. The third kappa shape index (κ3) is 5.88. The molecule has 11 heteroatoms. The summed E-state index contributed by atoms with van der Waals surface area (Å²) in [5, 5.41) is 13.5. The average Bonchev–Trinajstić information content (AvgIpc) is 3.66. The van der Waals surface area contributed by atoms with Crippen LogP contribution in [0.3, 0.4) is 0 Å². The largest absolute Gasteiger partial charge is 0.493 e. The van der Waals surface area contributed by atoms with Gasteiger partial charge in [-0.15, -0.1) is 11.8 Å². The first-order valence-corrected chi connectivity index (χ1v) is 18.5. The standard InChI is InChI=1S/C36H37ClN5O3PS/c1-21-32-30(39-41(21)3)19-44-18-23-16-24(42(4)38-23)20-47-25-15-22-9-6-7-10-26(22)31(17-25)45-14-8-11-27-28-12-13-29(37)33(32)34(28)40(2)35(27)36(43)46-5/h6-7,9-10,12-13,15-17,46H,8,11,14,18-20H2,1-5H3. The molecule has 0 N–H and O–H groups in total. The molecule has 0 amide bonds. The number of thioether (sulfide) groups is 1. The molecule has 3 aromatic heterocycles. The van der Waals surface area contributed by atoms with E-state index in [1.54, 1.807) is 11.8 Å². The number of carbonyl (C=O) groups is 1. The first-order chi connectivity index (χ1) is 22.7. The molecule has 0 spiro atoms. The fraction of sp³-hybridized carbons (Fsp3) is 0.306. The highest BCUT2D eigenvalue weighted by Crippen LogP contribution is 2.43. The van der Waals surface area contributed by atoms with E-state index in [1.807, 2.05) is 60.8 Å². The Labute approximate surface area is 285 Å². The fourth-order valence-electron chi connectivity index (χ4n) is 6.67. The molecule has 242 valence electrons. The molecule has 47 heavy (non-hydrogen) atoms. The summed E-state index contributed by atoms with van der Waals surface area (Å²) in [4.78, 5) is 14.7. The number of hydrogen-bond acceptors (Lipinski definition) is 6. The van der Waals surface area contributed by atoms with Crippen molar-refractivity contribution in [2.45, 2.75) is 43.6 Å². The van der Waals surface area contributed by atoms with Crippen molar-refractivity contribution in [1.29, 1.82) is 0 Å². The summed E-state index contributed by atoms with van der Waals surface area (Å²) in [6.07, 6.45) is 1.44. The predicted octanol–water partition coefficient (Wildman–Crippen LogP) is 8.21. The lowest BCUT2D eigenvalue weighted by Crippen LogP contribution is -2.06. The van der Waals surface area contributed by atoms with Gasteiger partial charge >= 0.3 is 0 Å². The number of fused-ring (bicyclic) bond motifs is 8. The van der Waals surface area contributed by atoms with E-state index in [-0.39, 0.29) is 14.1 Å². The van der Waals surface area contributed by atoms with E-state index in [0.717, 1.165) is 89.7 Å².